The molecule has 1 atom stereocenters. The summed E-state index contributed by atoms with van der Waals surface area (Å²) in [7, 11) is -3.96. The largest absolute Gasteiger partial charge is 0.350 e. The van der Waals surface area contributed by atoms with Crippen molar-refractivity contribution >= 4 is 73.9 Å². The highest BCUT2D eigenvalue weighted by atomic mass is 35.5. The number of nitrogens with one attached hydrogen (secondary N) is 1. The quantitative estimate of drug-likeness (QED) is 0.451. The first kappa shape index (κ1) is 29.5. The van der Waals surface area contributed by atoms with Crippen molar-refractivity contribution in [1.82, 2.24) is 10.2 Å². The van der Waals surface area contributed by atoms with E-state index < -0.39 is 40.0 Å². The van der Waals surface area contributed by atoms with Gasteiger partial charge in [-0.05, 0) is 58.0 Å². The molecule has 0 aliphatic carbocycles. The Hall–Kier alpha value is -1.71. The summed E-state index contributed by atoms with van der Waals surface area (Å²) < 4.78 is 26.1. The number of sulfonamides is 1. The first-order valence-electron chi connectivity index (χ1n) is 10.5. The SMILES string of the molecule is CC(C(=O)NC(C)(C)C)N(Cc1c(Cl)cccc1Cl)C(=O)CN(c1cc(Cl)ccc1Cl)S(C)(=O)=O. The van der Waals surface area contributed by atoms with Crippen LogP contribution in [0.15, 0.2) is 36.4 Å². The Morgan fingerprint density at radius 1 is 1.00 bits per heavy atom. The lowest BCUT2D eigenvalue weighted by atomic mass is 10.1. The van der Waals surface area contributed by atoms with Gasteiger partial charge in [0.05, 0.1) is 17.0 Å². The zero-order valence-electron chi connectivity index (χ0n) is 19.9. The van der Waals surface area contributed by atoms with E-state index in [2.05, 4.69) is 5.32 Å². The average molecular weight is 583 g/mol. The van der Waals surface area contributed by atoms with E-state index in [0.29, 0.717) is 15.6 Å². The van der Waals surface area contributed by atoms with Crippen LogP contribution in [0, 0.1) is 0 Å². The van der Waals surface area contributed by atoms with Crippen molar-refractivity contribution in [2.24, 2.45) is 0 Å². The van der Waals surface area contributed by atoms with E-state index in [1.54, 1.807) is 45.9 Å². The van der Waals surface area contributed by atoms with Gasteiger partial charge >= 0.3 is 0 Å². The topological polar surface area (TPSA) is 86.8 Å². The summed E-state index contributed by atoms with van der Waals surface area (Å²) in [6, 6.07) is 8.18. The molecule has 0 heterocycles. The Kier molecular flexibility index (Phi) is 9.75. The van der Waals surface area contributed by atoms with Gasteiger partial charge in [-0.15, -0.1) is 0 Å². The zero-order chi connectivity index (χ0) is 26.7. The van der Waals surface area contributed by atoms with Gasteiger partial charge in [-0.2, -0.15) is 0 Å². The van der Waals surface area contributed by atoms with E-state index in [1.807, 2.05) is 0 Å². The molecule has 2 rings (SSSR count). The molecule has 1 N–H and O–H groups in total. The summed E-state index contributed by atoms with van der Waals surface area (Å²) in [5.74, 6) is -1.10. The molecule has 0 saturated carbocycles. The number of hydrogen-bond acceptors (Lipinski definition) is 4. The van der Waals surface area contributed by atoms with E-state index in [9.17, 15) is 18.0 Å². The molecule has 7 nitrogen and oxygen atoms in total. The van der Waals surface area contributed by atoms with E-state index in [1.165, 1.54) is 23.1 Å². The van der Waals surface area contributed by atoms with Crippen LogP contribution < -0.4 is 9.62 Å². The molecule has 0 fully saturated rings. The third kappa shape index (κ3) is 8.15. The van der Waals surface area contributed by atoms with Gasteiger partial charge < -0.3 is 10.2 Å². The first-order chi connectivity index (χ1) is 16.0. The minimum atomic E-state index is -3.96. The number of halogens is 4. The molecule has 0 radical (unpaired) electrons. The molecule has 12 heteroatoms. The van der Waals surface area contributed by atoms with Crippen LogP contribution in [0.5, 0.6) is 0 Å². The van der Waals surface area contributed by atoms with Crippen molar-refractivity contribution in [3.05, 3.63) is 62.1 Å². The van der Waals surface area contributed by atoms with Gasteiger partial charge in [-0.25, -0.2) is 8.42 Å². The molecule has 1 unspecified atom stereocenters. The highest BCUT2D eigenvalue weighted by molar-refractivity contribution is 7.92. The van der Waals surface area contributed by atoms with Gasteiger partial charge in [-0.3, -0.25) is 13.9 Å². The van der Waals surface area contributed by atoms with Gasteiger partial charge in [0, 0.05) is 32.7 Å². The summed E-state index contributed by atoms with van der Waals surface area (Å²) in [5, 5.41) is 3.77. The zero-order valence-corrected chi connectivity index (χ0v) is 23.7. The molecule has 192 valence electrons. The summed E-state index contributed by atoms with van der Waals surface area (Å²) in [5.41, 5.74) is -0.0984. The third-order valence-electron chi connectivity index (χ3n) is 4.91. The minimum absolute atomic E-state index is 0.0394. The molecular weight excluding hydrogens is 556 g/mol. The van der Waals surface area contributed by atoms with E-state index in [4.69, 9.17) is 46.4 Å². The van der Waals surface area contributed by atoms with E-state index in [0.717, 1.165) is 10.6 Å². The van der Waals surface area contributed by atoms with Gasteiger partial charge in [0.1, 0.15) is 12.6 Å². The van der Waals surface area contributed by atoms with Crippen molar-refractivity contribution in [3.63, 3.8) is 0 Å². The number of rotatable bonds is 8. The lowest BCUT2D eigenvalue weighted by molar-refractivity contribution is -0.140. The number of benzene rings is 2. The second kappa shape index (κ2) is 11.6. The molecule has 2 aromatic rings. The summed E-state index contributed by atoms with van der Waals surface area (Å²) in [6.07, 6.45) is 0.947. The van der Waals surface area contributed by atoms with Gasteiger partial charge in [0.2, 0.25) is 21.8 Å². The van der Waals surface area contributed by atoms with Crippen molar-refractivity contribution < 1.29 is 18.0 Å². The van der Waals surface area contributed by atoms with E-state index in [-0.39, 0.29) is 22.3 Å². The van der Waals surface area contributed by atoms with Crippen molar-refractivity contribution in [3.8, 4) is 0 Å². The highest BCUT2D eigenvalue weighted by Gasteiger charge is 2.32. The molecule has 0 aliphatic rings. The second-order valence-electron chi connectivity index (χ2n) is 9.00. The van der Waals surface area contributed by atoms with Crippen LogP contribution in [0.2, 0.25) is 20.1 Å². The molecule has 0 aromatic heterocycles. The van der Waals surface area contributed by atoms with Crippen LogP contribution in [0.25, 0.3) is 0 Å². The first-order valence-corrected chi connectivity index (χ1v) is 13.8. The van der Waals surface area contributed by atoms with E-state index >= 15 is 0 Å². The van der Waals surface area contributed by atoms with Crippen molar-refractivity contribution in [2.45, 2.75) is 45.8 Å². The minimum Gasteiger partial charge on any atom is -0.350 e. The number of anilines is 1. The van der Waals surface area contributed by atoms with Crippen LogP contribution in [0.1, 0.15) is 33.3 Å². The van der Waals surface area contributed by atoms with Crippen LogP contribution in [-0.2, 0) is 26.2 Å². The fraction of sp³-hybridized carbons (Fsp3) is 0.391. The molecule has 2 amide bonds. The van der Waals surface area contributed by atoms with Crippen LogP contribution >= 0.6 is 46.4 Å². The monoisotopic (exact) mass is 581 g/mol. The third-order valence-corrected chi connectivity index (χ3v) is 7.30. The maximum Gasteiger partial charge on any atom is 0.244 e. The van der Waals surface area contributed by atoms with Crippen LogP contribution in [-0.4, -0.2) is 49.5 Å². The molecule has 0 spiro atoms. The molecule has 0 saturated heterocycles. The number of nitrogens with zero attached hydrogens (tertiary/aromatic N) is 2. The average Bonchev–Trinajstić information content (AvgIpc) is 2.71. The Balaban J connectivity index is 2.51. The number of amides is 2. The van der Waals surface area contributed by atoms with Crippen LogP contribution in [0.4, 0.5) is 5.69 Å². The maximum atomic E-state index is 13.6. The van der Waals surface area contributed by atoms with Crippen molar-refractivity contribution in [1.29, 1.82) is 0 Å². The smallest absolute Gasteiger partial charge is 0.244 e. The normalized spacial score (nSPS) is 12.7. The number of hydrogen-bond donors (Lipinski definition) is 1. The van der Waals surface area contributed by atoms with Crippen LogP contribution in [0.3, 0.4) is 0 Å². The fourth-order valence-electron chi connectivity index (χ4n) is 3.18. The Bertz CT molecular complexity index is 1200. The molecule has 0 bridgehead atoms. The lowest BCUT2D eigenvalue weighted by Crippen LogP contribution is -2.54. The predicted molar refractivity (Wildman–Crippen MR) is 143 cm³/mol. The lowest BCUT2D eigenvalue weighted by Gasteiger charge is -2.33. The van der Waals surface area contributed by atoms with Gasteiger partial charge in [0.15, 0.2) is 0 Å². The Morgan fingerprint density at radius 3 is 2.09 bits per heavy atom. The molecular formula is C23H27Cl4N3O4S. The highest BCUT2D eigenvalue weighted by Crippen LogP contribution is 2.31. The Morgan fingerprint density at radius 2 is 1.57 bits per heavy atom. The standard InChI is InChI=1S/C23H27Cl4N3O4S/c1-14(22(32)28-23(2,3)4)29(12-16-17(25)7-6-8-18(16)26)21(31)13-30(35(5,33)34)20-11-15(24)9-10-19(20)27/h6-11,14H,12-13H2,1-5H3,(H,28,32). The Labute approximate surface area is 226 Å². The van der Waals surface area contributed by atoms with Crippen molar-refractivity contribution in [2.75, 3.05) is 17.1 Å². The van der Waals surface area contributed by atoms with Gasteiger partial charge in [-0.1, -0.05) is 52.5 Å². The fourth-order valence-corrected chi connectivity index (χ4v) is 4.99. The predicted octanol–water partition coefficient (Wildman–Crippen LogP) is 5.40. The maximum absolute atomic E-state index is 13.6. The molecule has 0 aliphatic heterocycles. The number of carbonyl (C=O) groups is 2. The summed E-state index contributed by atoms with van der Waals surface area (Å²) in [4.78, 5) is 27.8. The second-order valence-corrected chi connectivity index (χ2v) is 12.6. The molecule has 2 aromatic carbocycles. The summed E-state index contributed by atoms with van der Waals surface area (Å²) >= 11 is 24.9. The summed E-state index contributed by atoms with van der Waals surface area (Å²) in [6.45, 7) is 6.20. The van der Waals surface area contributed by atoms with Gasteiger partial charge in [0.25, 0.3) is 0 Å². The number of carbonyl (C=O) groups excluding carboxylic acids is 2. The molecule has 35 heavy (non-hydrogen) atoms.